The van der Waals surface area contributed by atoms with E-state index in [0.29, 0.717) is 0 Å². The maximum absolute atomic E-state index is 4.94. The first-order valence-electron chi connectivity index (χ1n) is 18.7. The van der Waals surface area contributed by atoms with Gasteiger partial charge in [0.05, 0.1) is 11.4 Å². The SMILES string of the molecule is CCC12C(Cc3ccccc3N3c4nccnc4N(c4ccccc4)C3C)=CC1(CC)C1N(c3ccccc3)c3ccccc3N1c1ccccc12. The summed E-state index contributed by atoms with van der Waals surface area (Å²) in [4.78, 5) is 19.8. The van der Waals surface area contributed by atoms with Crippen LogP contribution in [0.3, 0.4) is 0 Å². The molecule has 1 aliphatic carbocycles. The van der Waals surface area contributed by atoms with Crippen molar-refractivity contribution in [3.8, 4) is 0 Å². The van der Waals surface area contributed by atoms with Gasteiger partial charge in [-0.05, 0) is 85.8 Å². The molecule has 0 N–H and O–H groups in total. The van der Waals surface area contributed by atoms with Crippen LogP contribution in [0, 0.1) is 5.41 Å². The molecule has 0 spiro atoms. The average Bonchev–Trinajstić information content (AvgIpc) is 3.69. The number of anilines is 8. The molecule has 256 valence electrons. The fourth-order valence-electron chi connectivity index (χ4n) is 10.4. The summed E-state index contributed by atoms with van der Waals surface area (Å²) in [5.74, 6) is 1.78. The largest absolute Gasteiger partial charge is 0.317 e. The van der Waals surface area contributed by atoms with E-state index in [2.05, 4.69) is 180 Å². The lowest BCUT2D eigenvalue weighted by atomic mass is 9.42. The molecule has 6 nitrogen and oxygen atoms in total. The number of fused-ring (bicyclic) bond motifs is 9. The molecule has 6 heteroatoms. The van der Waals surface area contributed by atoms with E-state index in [1.807, 2.05) is 6.20 Å². The highest BCUT2D eigenvalue weighted by Crippen LogP contribution is 2.72. The standard InChI is InChI=1S/C46H42N6/c1-4-45-31-34(30-33-18-12-14-24-38(33)50-32(3)49(35-19-8-6-9-20-35)42-43(50)48-29-28-47-42)46(45,5-2)37-23-13-15-25-39(37)52-41-27-17-16-26-40(41)51(44(45)52)36-21-10-7-11-22-36/h6-29,31-32,44H,4-5,30H2,1-3H3. The molecule has 10 rings (SSSR count). The summed E-state index contributed by atoms with van der Waals surface area (Å²) in [7, 11) is 0. The monoisotopic (exact) mass is 678 g/mol. The molecule has 1 aromatic heterocycles. The number of allylic oxidation sites excluding steroid dienone is 1. The molecule has 0 amide bonds. The van der Waals surface area contributed by atoms with Crippen LogP contribution in [0.1, 0.15) is 44.7 Å². The highest BCUT2D eigenvalue weighted by molar-refractivity contribution is 5.92. The van der Waals surface area contributed by atoms with Gasteiger partial charge < -0.3 is 19.6 Å². The van der Waals surface area contributed by atoms with Crippen LogP contribution in [-0.4, -0.2) is 22.3 Å². The summed E-state index contributed by atoms with van der Waals surface area (Å²) in [6, 6.07) is 48.7. The molecule has 4 aliphatic rings. The highest BCUT2D eigenvalue weighted by Gasteiger charge is 2.69. The van der Waals surface area contributed by atoms with Crippen LogP contribution in [0.5, 0.6) is 0 Å². The summed E-state index contributed by atoms with van der Waals surface area (Å²) in [5, 5.41) is 0. The van der Waals surface area contributed by atoms with Crippen LogP contribution >= 0.6 is 0 Å². The third-order valence-corrected chi connectivity index (χ3v) is 12.4. The Labute approximate surface area is 306 Å². The summed E-state index contributed by atoms with van der Waals surface area (Å²) < 4.78 is 0. The Hall–Kier alpha value is -5.88. The van der Waals surface area contributed by atoms with E-state index in [9.17, 15) is 0 Å². The minimum atomic E-state index is -0.147. The fraction of sp³-hybridized carbons (Fsp3) is 0.217. The maximum atomic E-state index is 4.94. The van der Waals surface area contributed by atoms with E-state index < -0.39 is 0 Å². The van der Waals surface area contributed by atoms with Gasteiger partial charge in [-0.3, -0.25) is 0 Å². The van der Waals surface area contributed by atoms with Crippen molar-refractivity contribution in [2.45, 2.75) is 57.8 Å². The molecule has 52 heavy (non-hydrogen) atoms. The lowest BCUT2D eigenvalue weighted by Gasteiger charge is -2.67. The molecule has 4 unspecified atom stereocenters. The topological polar surface area (TPSA) is 38.7 Å². The summed E-state index contributed by atoms with van der Waals surface area (Å²) in [6.45, 7) is 7.08. The van der Waals surface area contributed by atoms with Crippen molar-refractivity contribution >= 4 is 45.8 Å². The average molecular weight is 679 g/mol. The molecule has 4 heterocycles. The Balaban J connectivity index is 1.13. The van der Waals surface area contributed by atoms with Crippen LogP contribution in [0.4, 0.5) is 45.8 Å². The number of rotatable bonds is 7. The molecule has 4 atom stereocenters. The van der Waals surface area contributed by atoms with Crippen LogP contribution in [-0.2, 0) is 11.8 Å². The predicted molar refractivity (Wildman–Crippen MR) is 213 cm³/mol. The van der Waals surface area contributed by atoms with Crippen molar-refractivity contribution in [3.63, 3.8) is 0 Å². The number of benzene rings is 5. The Bertz CT molecular complexity index is 2340. The van der Waals surface area contributed by atoms with Gasteiger partial charge in [-0.15, -0.1) is 0 Å². The molecule has 0 bridgehead atoms. The van der Waals surface area contributed by atoms with Crippen molar-refractivity contribution in [2.75, 3.05) is 19.6 Å². The van der Waals surface area contributed by atoms with Crippen molar-refractivity contribution in [2.24, 2.45) is 5.41 Å². The zero-order chi connectivity index (χ0) is 35.0. The van der Waals surface area contributed by atoms with E-state index in [4.69, 9.17) is 9.97 Å². The number of nitrogens with zero attached hydrogens (tertiary/aromatic N) is 6. The predicted octanol–water partition coefficient (Wildman–Crippen LogP) is 11.0. The van der Waals surface area contributed by atoms with Crippen molar-refractivity contribution in [1.29, 1.82) is 0 Å². The van der Waals surface area contributed by atoms with E-state index in [-0.39, 0.29) is 23.2 Å². The Morgan fingerprint density at radius 3 is 1.73 bits per heavy atom. The summed E-state index contributed by atoms with van der Waals surface area (Å²) in [6.07, 6.45) is 9.29. The summed E-state index contributed by atoms with van der Waals surface area (Å²) in [5.41, 5.74) is 11.4. The first kappa shape index (κ1) is 30.9. The van der Waals surface area contributed by atoms with Gasteiger partial charge >= 0.3 is 0 Å². The lowest BCUT2D eigenvalue weighted by Crippen LogP contribution is -2.68. The van der Waals surface area contributed by atoms with Crippen molar-refractivity contribution < 1.29 is 0 Å². The Morgan fingerprint density at radius 1 is 0.538 bits per heavy atom. The molecule has 5 aromatic carbocycles. The van der Waals surface area contributed by atoms with E-state index >= 15 is 0 Å². The molecule has 0 saturated carbocycles. The number of para-hydroxylation sites is 6. The molecule has 6 aromatic rings. The quantitative estimate of drug-likeness (QED) is 0.157. The van der Waals surface area contributed by atoms with Crippen LogP contribution < -0.4 is 19.6 Å². The molecule has 0 radical (unpaired) electrons. The first-order chi connectivity index (χ1) is 25.6. The fourth-order valence-corrected chi connectivity index (χ4v) is 10.4. The van der Waals surface area contributed by atoms with E-state index in [0.717, 1.165) is 36.6 Å². The molecule has 0 fully saturated rings. The summed E-state index contributed by atoms with van der Waals surface area (Å²) >= 11 is 0. The minimum absolute atomic E-state index is 0.00780. The third kappa shape index (κ3) is 3.95. The molecular weight excluding hydrogens is 637 g/mol. The van der Waals surface area contributed by atoms with Gasteiger partial charge in [0.25, 0.3) is 0 Å². The van der Waals surface area contributed by atoms with Gasteiger partial charge in [-0.1, -0.05) is 110 Å². The van der Waals surface area contributed by atoms with Gasteiger partial charge in [0, 0.05) is 46.0 Å². The van der Waals surface area contributed by atoms with Gasteiger partial charge in [0.2, 0.25) is 0 Å². The number of hydrogen-bond acceptors (Lipinski definition) is 6. The van der Waals surface area contributed by atoms with Crippen LogP contribution in [0.2, 0.25) is 0 Å². The molecular formula is C46H42N6. The molecule has 3 aliphatic heterocycles. The first-order valence-corrected chi connectivity index (χ1v) is 18.7. The van der Waals surface area contributed by atoms with Crippen molar-refractivity contribution in [3.05, 3.63) is 169 Å². The second kappa shape index (κ2) is 11.6. The number of hydrogen-bond donors (Lipinski definition) is 0. The van der Waals surface area contributed by atoms with Gasteiger partial charge in [0.1, 0.15) is 12.3 Å². The number of aromatic nitrogens is 2. The second-order valence-corrected chi connectivity index (χ2v) is 14.5. The van der Waals surface area contributed by atoms with Gasteiger partial charge in [-0.25, -0.2) is 9.97 Å². The third-order valence-electron chi connectivity index (χ3n) is 12.4. The van der Waals surface area contributed by atoms with Crippen LogP contribution in [0.25, 0.3) is 0 Å². The smallest absolute Gasteiger partial charge is 0.178 e. The van der Waals surface area contributed by atoms with E-state index in [1.165, 1.54) is 45.1 Å². The minimum Gasteiger partial charge on any atom is -0.317 e. The Kier molecular flexibility index (Phi) is 6.88. The normalized spacial score (nSPS) is 23.6. The maximum Gasteiger partial charge on any atom is 0.178 e. The second-order valence-electron chi connectivity index (χ2n) is 14.5. The lowest BCUT2D eigenvalue weighted by molar-refractivity contribution is 0.104. The Morgan fingerprint density at radius 2 is 1.08 bits per heavy atom. The zero-order valence-corrected chi connectivity index (χ0v) is 29.9. The van der Waals surface area contributed by atoms with Crippen LogP contribution in [0.15, 0.2) is 158 Å². The van der Waals surface area contributed by atoms with E-state index in [1.54, 1.807) is 6.20 Å². The molecule has 0 saturated heterocycles. The van der Waals surface area contributed by atoms with Gasteiger partial charge in [-0.2, -0.15) is 0 Å². The highest BCUT2D eigenvalue weighted by atomic mass is 15.5. The van der Waals surface area contributed by atoms with Crippen molar-refractivity contribution in [1.82, 2.24) is 9.97 Å². The van der Waals surface area contributed by atoms with Gasteiger partial charge in [0.15, 0.2) is 11.6 Å². The zero-order valence-electron chi connectivity index (χ0n) is 29.9.